The number of nitrogens with one attached hydrogen (secondary N) is 2. The number of carboxylic acids is 1. The maximum absolute atomic E-state index is 12.6. The molecule has 0 aliphatic rings. The van der Waals surface area contributed by atoms with E-state index in [0.29, 0.717) is 11.3 Å². The largest absolute Gasteiger partial charge is 0.497 e. The van der Waals surface area contributed by atoms with Gasteiger partial charge in [0.15, 0.2) is 6.04 Å². The Morgan fingerprint density at radius 1 is 1.13 bits per heavy atom. The Labute approximate surface area is 176 Å². The first-order valence-electron chi connectivity index (χ1n) is 9.45. The molecule has 0 saturated carbocycles. The van der Waals surface area contributed by atoms with Gasteiger partial charge < -0.3 is 25.6 Å². The Balaban J connectivity index is 2.15. The highest BCUT2D eigenvalue weighted by molar-refractivity contribution is 5.83. The minimum absolute atomic E-state index is 0.344. The van der Waals surface area contributed by atoms with Crippen molar-refractivity contribution in [2.45, 2.75) is 38.5 Å². The predicted molar refractivity (Wildman–Crippen MR) is 115 cm³/mol. The van der Waals surface area contributed by atoms with Crippen LogP contribution in [-0.4, -0.2) is 35.4 Å². The van der Waals surface area contributed by atoms with E-state index in [1.54, 1.807) is 38.1 Å². The number of aliphatic hydroxyl groups is 1. The van der Waals surface area contributed by atoms with Gasteiger partial charge in [-0.1, -0.05) is 42.5 Å². The minimum Gasteiger partial charge on any atom is -0.497 e. The summed E-state index contributed by atoms with van der Waals surface area (Å²) < 4.78 is 5.06. The van der Waals surface area contributed by atoms with Gasteiger partial charge in [-0.05, 0) is 55.7 Å². The highest BCUT2D eigenvalue weighted by atomic mass is 16.5. The zero-order valence-corrected chi connectivity index (χ0v) is 17.6. The van der Waals surface area contributed by atoms with Crippen LogP contribution in [0.3, 0.4) is 0 Å². The van der Waals surface area contributed by atoms with Gasteiger partial charge in [-0.15, -0.1) is 0 Å². The molecule has 0 heterocycles. The van der Waals surface area contributed by atoms with Crippen molar-refractivity contribution in [2.75, 3.05) is 7.11 Å². The number of hydrogen-bond donors (Lipinski definition) is 4. The molecule has 2 unspecified atom stereocenters. The van der Waals surface area contributed by atoms with Crippen LogP contribution in [0.5, 0.6) is 5.75 Å². The van der Waals surface area contributed by atoms with Crippen LogP contribution in [0.2, 0.25) is 0 Å². The summed E-state index contributed by atoms with van der Waals surface area (Å²) in [6.45, 7) is 9.43. The van der Waals surface area contributed by atoms with Crippen LogP contribution in [0.25, 0.3) is 5.57 Å². The number of carboxylic acid groups (broad SMARTS) is 1. The maximum atomic E-state index is 12.6. The number of benzene rings is 2. The van der Waals surface area contributed by atoms with Gasteiger partial charge in [-0.25, -0.2) is 9.59 Å². The number of rotatable bonds is 8. The van der Waals surface area contributed by atoms with Crippen molar-refractivity contribution in [3.63, 3.8) is 0 Å². The molecule has 7 nitrogen and oxygen atoms in total. The molecular formula is C23H28N2O5. The molecule has 0 spiro atoms. The van der Waals surface area contributed by atoms with Crippen molar-refractivity contribution < 1.29 is 24.5 Å². The molecule has 0 aliphatic carbocycles. The number of hydrogen-bond acceptors (Lipinski definition) is 4. The van der Waals surface area contributed by atoms with E-state index in [1.165, 1.54) is 7.11 Å². The van der Waals surface area contributed by atoms with Crippen LogP contribution >= 0.6 is 0 Å². The van der Waals surface area contributed by atoms with E-state index in [2.05, 4.69) is 17.2 Å². The minimum atomic E-state index is -1.53. The lowest BCUT2D eigenvalue weighted by atomic mass is 9.92. The fourth-order valence-electron chi connectivity index (χ4n) is 2.98. The summed E-state index contributed by atoms with van der Waals surface area (Å²) >= 11 is 0. The summed E-state index contributed by atoms with van der Waals surface area (Å²) in [6, 6.07) is 11.7. The Bertz CT molecular complexity index is 921. The molecule has 7 heteroatoms. The second-order valence-corrected chi connectivity index (χ2v) is 7.62. The number of ether oxygens (including phenoxy) is 1. The van der Waals surface area contributed by atoms with Gasteiger partial charge in [-0.2, -0.15) is 0 Å². The SMILES string of the molecule is C=C(C)c1cccc(C(C)(C)NC(=O)NC(C(=O)O)C(O)c2ccc(OC)cc2)c1. The molecule has 160 valence electrons. The molecule has 0 radical (unpaired) electrons. The average molecular weight is 412 g/mol. The zero-order chi connectivity index (χ0) is 22.5. The van der Waals surface area contributed by atoms with Crippen LogP contribution in [0.4, 0.5) is 4.79 Å². The second-order valence-electron chi connectivity index (χ2n) is 7.62. The Morgan fingerprint density at radius 3 is 2.30 bits per heavy atom. The van der Waals surface area contributed by atoms with Crippen molar-refractivity contribution in [3.8, 4) is 5.75 Å². The summed E-state index contributed by atoms with van der Waals surface area (Å²) in [5.74, 6) is -0.780. The molecule has 2 amide bonds. The Morgan fingerprint density at radius 2 is 1.77 bits per heavy atom. The predicted octanol–water partition coefficient (Wildman–Crippen LogP) is 3.45. The number of aliphatic carboxylic acids is 1. The van der Waals surface area contributed by atoms with Gasteiger partial charge in [-0.3, -0.25) is 0 Å². The van der Waals surface area contributed by atoms with Crippen molar-refractivity contribution in [2.24, 2.45) is 0 Å². The summed E-state index contributed by atoms with van der Waals surface area (Å²) in [5.41, 5.74) is 2.23. The zero-order valence-electron chi connectivity index (χ0n) is 17.6. The smallest absolute Gasteiger partial charge is 0.329 e. The maximum Gasteiger partial charge on any atom is 0.329 e. The monoisotopic (exact) mass is 412 g/mol. The second kappa shape index (κ2) is 9.45. The summed E-state index contributed by atoms with van der Waals surface area (Å²) in [6.07, 6.45) is -1.44. The average Bonchev–Trinajstić information content (AvgIpc) is 2.71. The molecule has 0 bridgehead atoms. The third-order valence-electron chi connectivity index (χ3n) is 4.83. The van der Waals surface area contributed by atoms with Crippen LogP contribution in [0.15, 0.2) is 55.1 Å². The normalized spacial score (nSPS) is 13.1. The number of carbonyl (C=O) groups is 2. The van der Waals surface area contributed by atoms with Gasteiger partial charge in [0.2, 0.25) is 0 Å². The van der Waals surface area contributed by atoms with Crippen LogP contribution in [0, 0.1) is 0 Å². The molecule has 30 heavy (non-hydrogen) atoms. The fraction of sp³-hybridized carbons (Fsp3) is 0.304. The van der Waals surface area contributed by atoms with Gasteiger partial charge in [0.05, 0.1) is 12.6 Å². The number of methoxy groups -OCH3 is 1. The molecule has 0 aliphatic heterocycles. The number of carbonyl (C=O) groups excluding carboxylic acids is 1. The molecule has 2 atom stereocenters. The number of aliphatic hydroxyl groups excluding tert-OH is 1. The molecule has 0 aromatic heterocycles. The molecule has 2 rings (SSSR count). The van der Waals surface area contributed by atoms with Gasteiger partial charge in [0.1, 0.15) is 11.9 Å². The molecule has 0 saturated heterocycles. The first kappa shape index (κ1) is 23.0. The van der Waals surface area contributed by atoms with E-state index in [9.17, 15) is 19.8 Å². The van der Waals surface area contributed by atoms with Gasteiger partial charge in [0.25, 0.3) is 0 Å². The summed E-state index contributed by atoms with van der Waals surface area (Å²) in [5, 5.41) is 25.2. The van der Waals surface area contributed by atoms with Gasteiger partial charge >= 0.3 is 12.0 Å². The standard InChI is InChI=1S/C23H28N2O5/c1-14(2)16-7-6-8-17(13-16)23(3,4)25-22(29)24-19(21(27)28)20(26)15-9-11-18(30-5)12-10-15/h6-13,19-20,26H,1H2,2-5H3,(H,27,28)(H2,24,25,29). The van der Waals surface area contributed by atoms with Crippen molar-refractivity contribution in [1.29, 1.82) is 0 Å². The van der Waals surface area contributed by atoms with Crippen LogP contribution in [-0.2, 0) is 10.3 Å². The topological polar surface area (TPSA) is 108 Å². The molecular weight excluding hydrogens is 384 g/mol. The first-order chi connectivity index (χ1) is 14.0. The quantitative estimate of drug-likeness (QED) is 0.531. The van der Waals surface area contributed by atoms with Crippen molar-refractivity contribution in [3.05, 3.63) is 71.8 Å². The van der Waals surface area contributed by atoms with E-state index in [4.69, 9.17) is 4.74 Å². The summed E-state index contributed by atoms with van der Waals surface area (Å²) in [4.78, 5) is 24.3. The van der Waals surface area contributed by atoms with E-state index in [-0.39, 0.29) is 0 Å². The molecule has 4 N–H and O–H groups in total. The third-order valence-corrected chi connectivity index (χ3v) is 4.83. The van der Waals surface area contributed by atoms with E-state index in [1.807, 2.05) is 31.2 Å². The number of amides is 2. The fourth-order valence-corrected chi connectivity index (χ4v) is 2.98. The molecule has 2 aromatic carbocycles. The molecule has 0 fully saturated rings. The lowest BCUT2D eigenvalue weighted by molar-refractivity contribution is -0.142. The van der Waals surface area contributed by atoms with Crippen LogP contribution < -0.4 is 15.4 Å². The van der Waals surface area contributed by atoms with E-state index >= 15 is 0 Å². The lowest BCUT2D eigenvalue weighted by Gasteiger charge is -2.29. The molecule has 2 aromatic rings. The van der Waals surface area contributed by atoms with E-state index in [0.717, 1.165) is 16.7 Å². The lowest BCUT2D eigenvalue weighted by Crippen LogP contribution is -2.53. The van der Waals surface area contributed by atoms with E-state index < -0.39 is 29.7 Å². The van der Waals surface area contributed by atoms with Crippen LogP contribution in [0.1, 0.15) is 43.6 Å². The Kier molecular flexibility index (Phi) is 7.24. The first-order valence-corrected chi connectivity index (χ1v) is 9.45. The highest BCUT2D eigenvalue weighted by Gasteiger charge is 2.31. The Hall–Kier alpha value is -3.32. The van der Waals surface area contributed by atoms with Crippen molar-refractivity contribution >= 4 is 17.6 Å². The number of allylic oxidation sites excluding steroid dienone is 1. The summed E-state index contributed by atoms with van der Waals surface area (Å²) in [7, 11) is 1.51. The number of urea groups is 1. The third kappa shape index (κ3) is 5.61. The van der Waals surface area contributed by atoms with Gasteiger partial charge in [0, 0.05) is 0 Å². The van der Waals surface area contributed by atoms with Crippen molar-refractivity contribution in [1.82, 2.24) is 10.6 Å². The highest BCUT2D eigenvalue weighted by Crippen LogP contribution is 2.24.